The van der Waals surface area contributed by atoms with Crippen molar-refractivity contribution in [3.05, 3.63) is 45.8 Å². The molecule has 2 aromatic rings. The number of rotatable bonds is 3. The van der Waals surface area contributed by atoms with E-state index in [1.807, 2.05) is 36.7 Å². The van der Waals surface area contributed by atoms with Gasteiger partial charge in [0, 0.05) is 20.3 Å². The monoisotopic (exact) mass is 359 g/mol. The fourth-order valence-electron chi connectivity index (χ4n) is 1.55. The molecule has 0 saturated heterocycles. The molecule has 1 aromatic carbocycles. The van der Waals surface area contributed by atoms with Gasteiger partial charge >= 0.3 is 5.97 Å². The Bertz CT molecular complexity index is 548. The topological polar surface area (TPSA) is 42.2 Å². The second kappa shape index (κ2) is 5.14. The van der Waals surface area contributed by atoms with E-state index in [2.05, 4.69) is 22.6 Å². The van der Waals surface area contributed by atoms with Gasteiger partial charge in [-0.1, -0.05) is 0 Å². The van der Waals surface area contributed by atoms with E-state index in [4.69, 9.17) is 5.11 Å². The summed E-state index contributed by atoms with van der Waals surface area (Å²) in [7, 11) is 0. The molecule has 0 radical (unpaired) electrons. The van der Waals surface area contributed by atoms with E-state index in [0.717, 1.165) is 14.2 Å². The zero-order valence-electron chi connectivity index (χ0n) is 9.05. The molecule has 1 N–H and O–H groups in total. The molecule has 0 aliphatic carbocycles. The quantitative estimate of drug-likeness (QED) is 0.674. The summed E-state index contributed by atoms with van der Waals surface area (Å²) in [5.74, 6) is -0.915. The van der Waals surface area contributed by atoms with Crippen LogP contribution in [-0.2, 0) is 0 Å². The van der Waals surface area contributed by atoms with Gasteiger partial charge in [0.2, 0.25) is 0 Å². The largest absolute Gasteiger partial charge is 0.477 e. The van der Waals surface area contributed by atoms with Crippen molar-refractivity contribution in [3.8, 4) is 5.69 Å². The van der Waals surface area contributed by atoms with E-state index >= 15 is 0 Å². The van der Waals surface area contributed by atoms with Crippen LogP contribution in [0.25, 0.3) is 5.69 Å². The number of thioether (sulfide) groups is 1. The first kappa shape index (κ1) is 12.5. The normalized spacial score (nSPS) is 10.5. The molecule has 5 heteroatoms. The Balaban J connectivity index is 2.48. The lowest BCUT2D eigenvalue weighted by molar-refractivity contribution is 0.0688. The lowest BCUT2D eigenvalue weighted by Gasteiger charge is -2.06. The summed E-state index contributed by atoms with van der Waals surface area (Å²) in [6.07, 6.45) is 3.83. The van der Waals surface area contributed by atoms with Crippen LogP contribution in [0.3, 0.4) is 0 Å². The van der Waals surface area contributed by atoms with Crippen molar-refractivity contribution < 1.29 is 9.90 Å². The standard InChI is InChI=1S/C12H10INO2S/c1-17-10-4-2-9(3-5-10)14-7-8(13)6-11(14)12(15)16/h2-7H,1H3,(H,15,16). The molecule has 1 aromatic heterocycles. The molecule has 0 spiro atoms. The van der Waals surface area contributed by atoms with Crippen molar-refractivity contribution in [2.45, 2.75) is 4.90 Å². The summed E-state index contributed by atoms with van der Waals surface area (Å²) in [5, 5.41) is 9.11. The number of carboxylic acids is 1. The molecule has 0 atom stereocenters. The molecule has 0 fully saturated rings. The third-order valence-electron chi connectivity index (χ3n) is 2.36. The Morgan fingerprint density at radius 2 is 2.00 bits per heavy atom. The third kappa shape index (κ3) is 2.66. The van der Waals surface area contributed by atoms with E-state index in [0.29, 0.717) is 0 Å². The molecular formula is C12H10INO2S. The van der Waals surface area contributed by atoms with Crippen LogP contribution in [0.2, 0.25) is 0 Å². The average Bonchev–Trinajstić information content (AvgIpc) is 2.72. The van der Waals surface area contributed by atoms with Gasteiger partial charge in [-0.05, 0) is 59.2 Å². The predicted molar refractivity (Wildman–Crippen MR) is 77.2 cm³/mol. The highest BCUT2D eigenvalue weighted by Crippen LogP contribution is 2.20. The number of carboxylic acid groups (broad SMARTS) is 1. The van der Waals surface area contributed by atoms with E-state index in [1.165, 1.54) is 0 Å². The Kier molecular flexibility index (Phi) is 3.78. The number of aromatic nitrogens is 1. The number of halogens is 1. The van der Waals surface area contributed by atoms with Gasteiger partial charge in [-0.25, -0.2) is 4.79 Å². The van der Waals surface area contributed by atoms with Gasteiger partial charge in [-0.2, -0.15) is 0 Å². The SMILES string of the molecule is CSc1ccc(-n2cc(I)cc2C(=O)O)cc1. The third-order valence-corrected chi connectivity index (χ3v) is 3.69. The van der Waals surface area contributed by atoms with Crippen molar-refractivity contribution in [1.82, 2.24) is 4.57 Å². The maximum Gasteiger partial charge on any atom is 0.352 e. The number of hydrogen-bond acceptors (Lipinski definition) is 2. The maximum atomic E-state index is 11.1. The minimum absolute atomic E-state index is 0.284. The lowest BCUT2D eigenvalue weighted by atomic mass is 10.3. The Morgan fingerprint density at radius 1 is 1.35 bits per heavy atom. The van der Waals surface area contributed by atoms with Gasteiger partial charge in [-0.3, -0.25) is 0 Å². The second-order valence-corrected chi connectivity index (χ2v) is 5.54. The molecule has 0 bridgehead atoms. The summed E-state index contributed by atoms with van der Waals surface area (Å²) >= 11 is 3.77. The zero-order valence-corrected chi connectivity index (χ0v) is 12.0. The van der Waals surface area contributed by atoms with Gasteiger partial charge in [0.05, 0.1) is 0 Å². The first-order valence-corrected chi connectivity index (χ1v) is 7.18. The minimum Gasteiger partial charge on any atom is -0.477 e. The van der Waals surface area contributed by atoms with E-state index in [1.54, 1.807) is 22.4 Å². The van der Waals surface area contributed by atoms with Crippen LogP contribution in [0.15, 0.2) is 41.4 Å². The van der Waals surface area contributed by atoms with E-state index < -0.39 is 5.97 Å². The molecule has 2 rings (SSSR count). The fourth-order valence-corrected chi connectivity index (χ4v) is 2.53. The summed E-state index contributed by atoms with van der Waals surface area (Å²) in [6.45, 7) is 0. The summed E-state index contributed by atoms with van der Waals surface area (Å²) in [4.78, 5) is 12.3. The molecule has 0 aliphatic heterocycles. The number of benzene rings is 1. The van der Waals surface area contributed by atoms with E-state index in [9.17, 15) is 4.79 Å². The zero-order chi connectivity index (χ0) is 12.4. The maximum absolute atomic E-state index is 11.1. The highest BCUT2D eigenvalue weighted by atomic mass is 127. The molecule has 3 nitrogen and oxygen atoms in total. The molecule has 0 unspecified atom stereocenters. The van der Waals surface area contributed by atoms with Crippen LogP contribution < -0.4 is 0 Å². The van der Waals surface area contributed by atoms with Crippen LogP contribution in [-0.4, -0.2) is 21.9 Å². The van der Waals surface area contributed by atoms with Gasteiger partial charge in [0.25, 0.3) is 0 Å². The van der Waals surface area contributed by atoms with Crippen LogP contribution in [0.5, 0.6) is 0 Å². The molecule has 17 heavy (non-hydrogen) atoms. The van der Waals surface area contributed by atoms with Crippen molar-refractivity contribution in [2.24, 2.45) is 0 Å². The summed E-state index contributed by atoms with van der Waals surface area (Å²) in [5.41, 5.74) is 1.15. The smallest absolute Gasteiger partial charge is 0.352 e. The summed E-state index contributed by atoms with van der Waals surface area (Å²) in [6, 6.07) is 9.48. The Morgan fingerprint density at radius 3 is 2.53 bits per heavy atom. The first-order chi connectivity index (χ1) is 8.11. The van der Waals surface area contributed by atoms with Crippen LogP contribution in [0, 0.1) is 3.57 Å². The molecule has 88 valence electrons. The van der Waals surface area contributed by atoms with Crippen LogP contribution in [0.4, 0.5) is 0 Å². The fraction of sp³-hybridized carbons (Fsp3) is 0.0833. The molecule has 0 saturated carbocycles. The highest BCUT2D eigenvalue weighted by molar-refractivity contribution is 14.1. The predicted octanol–water partition coefficient (Wildman–Crippen LogP) is 3.50. The van der Waals surface area contributed by atoms with Crippen molar-refractivity contribution in [3.63, 3.8) is 0 Å². The lowest BCUT2D eigenvalue weighted by Crippen LogP contribution is -2.05. The van der Waals surface area contributed by atoms with Crippen molar-refractivity contribution in [2.75, 3.05) is 6.26 Å². The Hall–Kier alpha value is -0.950. The molecule has 0 aliphatic rings. The number of hydrogen-bond donors (Lipinski definition) is 1. The van der Waals surface area contributed by atoms with Crippen molar-refractivity contribution in [1.29, 1.82) is 0 Å². The van der Waals surface area contributed by atoms with Crippen LogP contribution in [0.1, 0.15) is 10.5 Å². The average molecular weight is 359 g/mol. The molecular weight excluding hydrogens is 349 g/mol. The first-order valence-electron chi connectivity index (χ1n) is 4.87. The molecule has 1 heterocycles. The van der Waals surface area contributed by atoms with Gasteiger partial charge < -0.3 is 9.67 Å². The number of nitrogens with zero attached hydrogens (tertiary/aromatic N) is 1. The molecule has 0 amide bonds. The van der Waals surface area contributed by atoms with Crippen LogP contribution >= 0.6 is 34.4 Å². The van der Waals surface area contributed by atoms with Gasteiger partial charge in [0.15, 0.2) is 0 Å². The highest BCUT2D eigenvalue weighted by Gasteiger charge is 2.12. The second-order valence-electron chi connectivity index (χ2n) is 3.42. The number of aromatic carboxylic acids is 1. The number of carbonyl (C=O) groups is 1. The summed E-state index contributed by atoms with van der Waals surface area (Å²) < 4.78 is 2.60. The van der Waals surface area contributed by atoms with Crippen molar-refractivity contribution >= 4 is 40.3 Å². The minimum atomic E-state index is -0.915. The van der Waals surface area contributed by atoms with Gasteiger partial charge in [0.1, 0.15) is 5.69 Å². The Labute approximate surface area is 117 Å². The van der Waals surface area contributed by atoms with Gasteiger partial charge in [-0.15, -0.1) is 11.8 Å². The van der Waals surface area contributed by atoms with E-state index in [-0.39, 0.29) is 5.69 Å².